The molecule has 0 bridgehead atoms. The number of nitro groups is 5. The summed E-state index contributed by atoms with van der Waals surface area (Å²) in [5.41, 5.74) is 0.789. The third kappa shape index (κ3) is 21.4. The fraction of sp³-hybridized carbons (Fsp3) is 0.396. The first kappa shape index (κ1) is 73.7. The number of hydrogen-bond donors (Lipinski definition) is 1. The van der Waals surface area contributed by atoms with Crippen LogP contribution in [0.15, 0.2) is 104 Å². The standard InChI is InChI=1S/C17H17N7O9S.2C11H13FN6O4.C9H11FN6O3/c1-12(25)32-10-14(11-33-34(30,31)16-5-3-2-4-15(16)23(26)27)22-9-13(19-20-22)8-21-7-6-18-17(21)24(28)29;2*1-8(19)22-7-10(4-12)17-6-9(14-15-17)5-16-3-2-13-11(16)18(20)21;10-3-8(6-17)15-5-7(12-13-15)4-14-2-1-11-9(14)16(18)19/h2-7,9,14H,8,10-11H2,1H3;2*2-3,6,10H,4-5,7H2,1H3;1-2,5,8,17H,3-4,6H2/i;2*12-1;10-1. The number of aliphatic hydroxyl groups is 1. The van der Waals surface area contributed by atoms with E-state index >= 15 is 0 Å². The molecule has 0 radical (unpaired) electrons. The van der Waals surface area contributed by atoms with E-state index < -0.39 is 127 Å². The van der Waals surface area contributed by atoms with Crippen LogP contribution >= 0.6 is 0 Å². The van der Waals surface area contributed by atoms with E-state index in [1.54, 1.807) is 0 Å². The fourth-order valence-electron chi connectivity index (χ4n) is 7.82. The topological polar surface area (TPSA) is 552 Å². The quantitative estimate of drug-likeness (QED) is 0.0213. The van der Waals surface area contributed by atoms with Gasteiger partial charge in [-0.2, -0.15) is 8.42 Å². The molecular formula is C48H54F3N25O20S. The monoisotopic (exact) mass is 1390 g/mol. The summed E-state index contributed by atoms with van der Waals surface area (Å²) < 4.78 is 93.0. The SMILES string of the molecule is CC(=O)OCC(COS(=O)(=O)c1ccccc1[N+](=O)[O-])n1cc(Cn2ccnc2[N+](=O)[O-])nn1.CC(=O)OCC(C[18F])n1cc(Cn2ccnc2[N+](=O)[O-])nn1.CC(=O)OCC(C[18F])n1cc(Cn2ccnc2[N+](=O)[O-])nn1.O=[N+]([O-])c1nccn1Cc1cn(C(CO)C[18F])nn1. The van der Waals surface area contributed by atoms with Gasteiger partial charge in [-0.3, -0.25) is 28.7 Å². The van der Waals surface area contributed by atoms with Crippen LogP contribution in [0.4, 0.5) is 42.7 Å². The van der Waals surface area contributed by atoms with Gasteiger partial charge in [0.2, 0.25) is 0 Å². The average molecular weight is 1390 g/mol. The zero-order valence-corrected chi connectivity index (χ0v) is 51.3. The molecule has 0 spiro atoms. The van der Waals surface area contributed by atoms with E-state index in [4.69, 9.17) is 23.5 Å². The lowest BCUT2D eigenvalue weighted by molar-refractivity contribution is -0.396. The highest BCUT2D eigenvalue weighted by molar-refractivity contribution is 7.87. The summed E-state index contributed by atoms with van der Waals surface area (Å²) in [6, 6.07) is 1.30. The number of imidazole rings is 4. The Morgan fingerprint density at radius 2 is 0.773 bits per heavy atom. The summed E-state index contributed by atoms with van der Waals surface area (Å²) in [4.78, 5) is 97.6. The molecule has 0 amide bonds. The van der Waals surface area contributed by atoms with Crippen molar-refractivity contribution in [1.82, 2.24) is 98.2 Å². The first-order valence-corrected chi connectivity index (χ1v) is 28.7. The highest BCUT2D eigenvalue weighted by atomic mass is 32.2. The third-order valence-corrected chi connectivity index (χ3v) is 13.7. The van der Waals surface area contributed by atoms with Crippen molar-refractivity contribution in [3.05, 3.63) is 172 Å². The van der Waals surface area contributed by atoms with E-state index in [0.29, 0.717) is 17.1 Å². The van der Waals surface area contributed by atoms with Gasteiger partial charge < -0.3 is 59.8 Å². The molecule has 1 N–H and O–H groups in total. The molecule has 49 heteroatoms. The maximum Gasteiger partial charge on any atom is 0.434 e. The number of rotatable bonds is 31. The number of nitrogens with zero attached hydrogens (tertiary/aromatic N) is 25. The van der Waals surface area contributed by atoms with E-state index in [9.17, 15) is 86.5 Å². The van der Waals surface area contributed by atoms with Crippen molar-refractivity contribution in [2.45, 2.75) is 76.0 Å². The Labute approximate surface area is 539 Å². The smallest absolute Gasteiger partial charge is 0.434 e. The Morgan fingerprint density at radius 3 is 1.06 bits per heavy atom. The largest absolute Gasteiger partial charge is 0.463 e. The summed E-state index contributed by atoms with van der Waals surface area (Å²) in [5.74, 6) is -3.06. The number of carbonyl (C=O) groups is 3. The van der Waals surface area contributed by atoms with Gasteiger partial charge in [-0.1, -0.05) is 52.9 Å². The van der Waals surface area contributed by atoms with Crippen molar-refractivity contribution < 1.29 is 84.1 Å². The number of aromatic nitrogens is 20. The van der Waals surface area contributed by atoms with Crippen LogP contribution in [0.2, 0.25) is 0 Å². The number of ether oxygens (including phenoxy) is 3. The maximum atomic E-state index is 13.0. The molecule has 9 rings (SSSR count). The van der Waals surface area contributed by atoms with E-state index in [-0.39, 0.29) is 69.5 Å². The average Bonchev–Trinajstić information content (AvgIpc) is 1.58. The van der Waals surface area contributed by atoms with Gasteiger partial charge in [0.1, 0.15) is 163 Å². The molecule has 4 atom stereocenters. The number of alkyl halides is 3. The molecule has 0 saturated heterocycles. The van der Waals surface area contributed by atoms with Crippen molar-refractivity contribution in [1.29, 1.82) is 0 Å². The van der Waals surface area contributed by atoms with Gasteiger partial charge in [0.25, 0.3) is 5.69 Å². The highest BCUT2D eigenvalue weighted by Gasteiger charge is 2.30. The van der Waals surface area contributed by atoms with Crippen LogP contribution in [-0.4, -0.2) is 207 Å². The lowest BCUT2D eigenvalue weighted by Crippen LogP contribution is -2.24. The van der Waals surface area contributed by atoms with Crippen LogP contribution in [0.5, 0.6) is 0 Å². The van der Waals surface area contributed by atoms with Gasteiger partial charge in [-0.05, 0) is 25.8 Å². The second-order valence-corrected chi connectivity index (χ2v) is 20.9. The van der Waals surface area contributed by atoms with Crippen molar-refractivity contribution in [2.24, 2.45) is 0 Å². The number of esters is 3. The van der Waals surface area contributed by atoms with Crippen molar-refractivity contribution >= 4 is 57.5 Å². The number of nitro benzene ring substituents is 1. The Hall–Kier alpha value is -12.3. The fourth-order valence-corrected chi connectivity index (χ4v) is 8.93. The third-order valence-electron chi connectivity index (χ3n) is 12.4. The second kappa shape index (κ2) is 35.1. The first-order valence-electron chi connectivity index (χ1n) is 27.3. The Morgan fingerprint density at radius 1 is 0.474 bits per heavy atom. The molecule has 45 nitrogen and oxygen atoms in total. The van der Waals surface area contributed by atoms with E-state index in [0.717, 1.165) is 23.7 Å². The minimum Gasteiger partial charge on any atom is -0.463 e. The summed E-state index contributed by atoms with van der Waals surface area (Å²) >= 11 is 0. The Bertz CT molecular complexity index is 4140. The number of benzene rings is 1. The number of aliphatic hydroxyl groups excluding tert-OH is 1. The van der Waals surface area contributed by atoms with Gasteiger partial charge in [0, 0.05) is 26.8 Å². The van der Waals surface area contributed by atoms with Crippen LogP contribution in [0.3, 0.4) is 0 Å². The minimum absolute atomic E-state index is 0.0635. The summed E-state index contributed by atoms with van der Waals surface area (Å²) in [7, 11) is -4.56. The molecule has 97 heavy (non-hydrogen) atoms. The number of carbonyl (C=O) groups excluding carboxylic acids is 3. The Balaban J connectivity index is 0.000000210. The first-order chi connectivity index (χ1) is 46.2. The van der Waals surface area contributed by atoms with Gasteiger partial charge in [0.15, 0.2) is 4.90 Å². The van der Waals surface area contributed by atoms with E-state index in [2.05, 4.69) is 61.2 Å². The molecular weight excluding hydrogens is 1330 g/mol. The highest BCUT2D eigenvalue weighted by Crippen LogP contribution is 2.26. The van der Waals surface area contributed by atoms with Gasteiger partial charge >= 0.3 is 51.8 Å². The zero-order valence-electron chi connectivity index (χ0n) is 50.5. The normalized spacial score (nSPS) is 12.2. The molecule has 4 unspecified atom stereocenters. The lowest BCUT2D eigenvalue weighted by Gasteiger charge is -2.16. The molecule has 8 heterocycles. The van der Waals surface area contributed by atoms with Crippen LogP contribution in [-0.2, 0) is 69.1 Å². The van der Waals surface area contributed by atoms with Gasteiger partial charge in [0.05, 0.1) is 42.9 Å². The Kier molecular flexibility index (Phi) is 26.7. The van der Waals surface area contributed by atoms with Crippen molar-refractivity contribution in [3.63, 3.8) is 0 Å². The second-order valence-electron chi connectivity index (χ2n) is 19.3. The molecule has 1 aromatic carbocycles. The zero-order chi connectivity index (χ0) is 70.9. The van der Waals surface area contributed by atoms with Crippen molar-refractivity contribution in [2.75, 3.05) is 53.1 Å². The lowest BCUT2D eigenvalue weighted by atomic mass is 10.3. The molecule has 0 aliphatic carbocycles. The molecule has 0 fully saturated rings. The maximum absolute atomic E-state index is 13.0. The number of para-hydroxylation sites is 1. The molecule has 518 valence electrons. The summed E-state index contributed by atoms with van der Waals surface area (Å²) in [6.07, 6.45) is 16.5. The molecule has 9 aromatic rings. The van der Waals surface area contributed by atoms with Crippen LogP contribution in [0, 0.1) is 50.6 Å². The predicted octanol–water partition coefficient (Wildman–Crippen LogP) is 1.79. The summed E-state index contributed by atoms with van der Waals surface area (Å²) in [6.45, 7) is -0.269. The van der Waals surface area contributed by atoms with E-state index in [1.165, 1.54) is 133 Å². The summed E-state index contributed by atoms with van der Waals surface area (Å²) in [5, 5.41) is 93.7. The number of hydrogen-bond acceptors (Lipinski definition) is 32. The molecule has 0 aliphatic rings. The molecule has 8 aromatic heterocycles. The molecule has 0 aliphatic heterocycles. The van der Waals surface area contributed by atoms with Crippen LogP contribution in [0.1, 0.15) is 67.7 Å². The van der Waals surface area contributed by atoms with Crippen molar-refractivity contribution in [3.8, 4) is 0 Å². The van der Waals surface area contributed by atoms with Crippen LogP contribution < -0.4 is 0 Å². The van der Waals surface area contributed by atoms with E-state index in [1.807, 2.05) is 0 Å². The minimum atomic E-state index is -4.56. The van der Waals surface area contributed by atoms with Gasteiger partial charge in [-0.15, -0.1) is 20.4 Å². The van der Waals surface area contributed by atoms with Crippen LogP contribution in [0.25, 0.3) is 0 Å². The predicted molar refractivity (Wildman–Crippen MR) is 309 cm³/mol. The number of halogens is 3. The molecule has 0 saturated carbocycles. The van der Waals surface area contributed by atoms with Gasteiger partial charge in [-0.25, -0.2) is 50.2 Å².